The Bertz CT molecular complexity index is 1090. The summed E-state index contributed by atoms with van der Waals surface area (Å²) in [6.45, 7) is 2.42. The summed E-state index contributed by atoms with van der Waals surface area (Å²) in [7, 11) is 1.67. The average Bonchev–Trinajstić information content (AvgIpc) is 3.40. The van der Waals surface area contributed by atoms with Crippen LogP contribution in [0.15, 0.2) is 78.9 Å². The largest absolute Gasteiger partial charge is 0.496 e. The van der Waals surface area contributed by atoms with E-state index in [4.69, 9.17) is 4.74 Å². The first-order chi connectivity index (χ1) is 16.2. The van der Waals surface area contributed by atoms with Crippen LogP contribution in [0.25, 0.3) is 0 Å². The highest BCUT2D eigenvalue weighted by Gasteiger charge is 2.26. The zero-order chi connectivity index (χ0) is 23.0. The van der Waals surface area contributed by atoms with E-state index in [0.717, 1.165) is 37.2 Å². The first kappa shape index (κ1) is 22.6. The van der Waals surface area contributed by atoms with Crippen molar-refractivity contribution in [2.45, 2.75) is 18.9 Å². The monoisotopic (exact) mass is 443 g/mol. The SMILES string of the molecule is COc1ccccc1C(CNC(=O)c1ccccc1NC(=O)c1ccccc1)N1CCCC1. The lowest BCUT2D eigenvalue weighted by molar-refractivity contribution is 0.0938. The van der Waals surface area contributed by atoms with Gasteiger partial charge in [0, 0.05) is 17.7 Å². The molecule has 33 heavy (non-hydrogen) atoms. The average molecular weight is 444 g/mol. The third-order valence-corrected chi connectivity index (χ3v) is 5.99. The van der Waals surface area contributed by atoms with Crippen molar-refractivity contribution in [3.8, 4) is 5.75 Å². The molecule has 170 valence electrons. The summed E-state index contributed by atoms with van der Waals surface area (Å²) in [5.41, 5.74) is 2.52. The van der Waals surface area contributed by atoms with E-state index >= 15 is 0 Å². The number of nitrogens with one attached hydrogen (secondary N) is 2. The van der Waals surface area contributed by atoms with E-state index in [1.807, 2.05) is 36.4 Å². The van der Waals surface area contributed by atoms with Crippen LogP contribution in [0.5, 0.6) is 5.75 Å². The number of carbonyl (C=O) groups is 2. The molecule has 6 heteroatoms. The number of anilines is 1. The van der Waals surface area contributed by atoms with Crippen LogP contribution in [0.4, 0.5) is 5.69 Å². The Morgan fingerprint density at radius 3 is 2.30 bits per heavy atom. The number of nitrogens with zero attached hydrogens (tertiary/aromatic N) is 1. The van der Waals surface area contributed by atoms with E-state index in [-0.39, 0.29) is 17.9 Å². The first-order valence-electron chi connectivity index (χ1n) is 11.3. The Kier molecular flexibility index (Phi) is 7.37. The van der Waals surface area contributed by atoms with Gasteiger partial charge in [0.15, 0.2) is 0 Å². The molecule has 0 aromatic heterocycles. The van der Waals surface area contributed by atoms with Crippen molar-refractivity contribution in [1.82, 2.24) is 10.2 Å². The molecule has 1 aliphatic heterocycles. The van der Waals surface area contributed by atoms with Crippen LogP contribution in [0.2, 0.25) is 0 Å². The number of carbonyl (C=O) groups excluding carboxylic acids is 2. The fourth-order valence-electron chi connectivity index (χ4n) is 4.29. The smallest absolute Gasteiger partial charge is 0.255 e. The maximum absolute atomic E-state index is 13.2. The maximum Gasteiger partial charge on any atom is 0.255 e. The molecule has 1 fully saturated rings. The summed E-state index contributed by atoms with van der Waals surface area (Å²) >= 11 is 0. The van der Waals surface area contributed by atoms with Gasteiger partial charge in [0.1, 0.15) is 5.75 Å². The Morgan fingerprint density at radius 2 is 1.55 bits per heavy atom. The normalized spacial score (nSPS) is 14.5. The van der Waals surface area contributed by atoms with Crippen molar-refractivity contribution >= 4 is 17.5 Å². The first-order valence-corrected chi connectivity index (χ1v) is 11.3. The van der Waals surface area contributed by atoms with Gasteiger partial charge in [0.05, 0.1) is 24.4 Å². The molecule has 0 spiro atoms. The fourth-order valence-corrected chi connectivity index (χ4v) is 4.29. The molecule has 0 bridgehead atoms. The van der Waals surface area contributed by atoms with E-state index in [1.165, 1.54) is 0 Å². The molecule has 1 heterocycles. The van der Waals surface area contributed by atoms with Crippen LogP contribution in [0.1, 0.15) is 45.2 Å². The number of ether oxygens (including phenoxy) is 1. The molecule has 1 aliphatic rings. The van der Waals surface area contributed by atoms with Crippen molar-refractivity contribution in [2.75, 3.05) is 32.1 Å². The van der Waals surface area contributed by atoms with Gasteiger partial charge >= 0.3 is 0 Å². The summed E-state index contributed by atoms with van der Waals surface area (Å²) in [5, 5.41) is 5.96. The molecule has 1 saturated heterocycles. The number of hydrogen-bond donors (Lipinski definition) is 2. The van der Waals surface area contributed by atoms with Crippen LogP contribution in [-0.4, -0.2) is 43.5 Å². The summed E-state index contributed by atoms with van der Waals surface area (Å²) in [4.78, 5) is 28.2. The van der Waals surface area contributed by atoms with Crippen LogP contribution < -0.4 is 15.4 Å². The molecule has 6 nitrogen and oxygen atoms in total. The third-order valence-electron chi connectivity index (χ3n) is 5.99. The third kappa shape index (κ3) is 5.41. The predicted molar refractivity (Wildman–Crippen MR) is 130 cm³/mol. The molecule has 1 unspecified atom stereocenters. The minimum absolute atomic E-state index is 0.0127. The van der Waals surface area contributed by atoms with Gasteiger partial charge in [-0.3, -0.25) is 14.5 Å². The highest BCUT2D eigenvalue weighted by molar-refractivity contribution is 6.09. The van der Waals surface area contributed by atoms with E-state index in [0.29, 0.717) is 23.4 Å². The van der Waals surface area contributed by atoms with Crippen molar-refractivity contribution in [3.05, 3.63) is 95.6 Å². The second-order valence-corrected chi connectivity index (χ2v) is 8.08. The van der Waals surface area contributed by atoms with Gasteiger partial charge in [-0.2, -0.15) is 0 Å². The van der Waals surface area contributed by atoms with Crippen LogP contribution in [-0.2, 0) is 0 Å². The van der Waals surface area contributed by atoms with Gasteiger partial charge in [-0.15, -0.1) is 0 Å². The number of benzene rings is 3. The highest BCUT2D eigenvalue weighted by atomic mass is 16.5. The lowest BCUT2D eigenvalue weighted by Crippen LogP contribution is -2.37. The summed E-state index contributed by atoms with van der Waals surface area (Å²) in [5.74, 6) is 0.344. The van der Waals surface area contributed by atoms with Crippen molar-refractivity contribution < 1.29 is 14.3 Å². The highest BCUT2D eigenvalue weighted by Crippen LogP contribution is 2.31. The Morgan fingerprint density at radius 1 is 0.879 bits per heavy atom. The minimum Gasteiger partial charge on any atom is -0.496 e. The molecule has 0 saturated carbocycles. The predicted octanol–water partition coefficient (Wildman–Crippen LogP) is 4.51. The molecule has 1 atom stereocenters. The Balaban J connectivity index is 1.51. The Labute approximate surface area is 194 Å². The van der Waals surface area contributed by atoms with Crippen LogP contribution >= 0.6 is 0 Å². The number of para-hydroxylation sites is 2. The molecule has 3 aromatic carbocycles. The standard InChI is InChI=1S/C27H29N3O3/c1-33-25-16-8-6-14-22(25)24(30-17-9-10-18-30)19-28-27(32)21-13-5-7-15-23(21)29-26(31)20-11-3-2-4-12-20/h2-8,11-16,24H,9-10,17-19H2,1H3,(H,28,32)(H,29,31). The molecule has 2 amide bonds. The molecular weight excluding hydrogens is 414 g/mol. The number of amides is 2. The molecule has 0 radical (unpaired) electrons. The summed E-state index contributed by atoms with van der Waals surface area (Å²) in [6.07, 6.45) is 2.29. The number of methoxy groups -OCH3 is 1. The van der Waals surface area contributed by atoms with Gasteiger partial charge in [-0.25, -0.2) is 0 Å². The van der Waals surface area contributed by atoms with Gasteiger partial charge in [0.25, 0.3) is 11.8 Å². The number of likely N-dealkylation sites (tertiary alicyclic amines) is 1. The molecule has 2 N–H and O–H groups in total. The second kappa shape index (κ2) is 10.8. The van der Waals surface area contributed by atoms with Crippen molar-refractivity contribution in [1.29, 1.82) is 0 Å². The van der Waals surface area contributed by atoms with Crippen molar-refractivity contribution in [2.24, 2.45) is 0 Å². The van der Waals surface area contributed by atoms with Crippen LogP contribution in [0.3, 0.4) is 0 Å². The molecular formula is C27H29N3O3. The zero-order valence-corrected chi connectivity index (χ0v) is 18.8. The van der Waals surface area contributed by atoms with E-state index < -0.39 is 0 Å². The second-order valence-electron chi connectivity index (χ2n) is 8.08. The summed E-state index contributed by atoms with van der Waals surface area (Å²) in [6, 6.07) is 24.0. The van der Waals surface area contributed by atoms with E-state index in [1.54, 1.807) is 43.5 Å². The fraction of sp³-hybridized carbons (Fsp3) is 0.259. The van der Waals surface area contributed by atoms with Gasteiger partial charge in [-0.05, 0) is 56.3 Å². The quantitative estimate of drug-likeness (QED) is 0.537. The minimum atomic E-state index is -0.250. The molecule has 4 rings (SSSR count). The lowest BCUT2D eigenvalue weighted by Gasteiger charge is -2.29. The van der Waals surface area contributed by atoms with Gasteiger partial charge in [-0.1, -0.05) is 48.5 Å². The number of hydrogen-bond acceptors (Lipinski definition) is 4. The van der Waals surface area contributed by atoms with Crippen LogP contribution in [0, 0.1) is 0 Å². The molecule has 0 aliphatic carbocycles. The lowest BCUT2D eigenvalue weighted by atomic mass is 10.0. The summed E-state index contributed by atoms with van der Waals surface area (Å²) < 4.78 is 5.60. The van der Waals surface area contributed by atoms with E-state index in [2.05, 4.69) is 21.6 Å². The van der Waals surface area contributed by atoms with Crippen molar-refractivity contribution in [3.63, 3.8) is 0 Å². The zero-order valence-electron chi connectivity index (χ0n) is 18.8. The molecule has 3 aromatic rings. The van der Waals surface area contributed by atoms with Gasteiger partial charge < -0.3 is 15.4 Å². The Hall–Kier alpha value is -3.64. The van der Waals surface area contributed by atoms with E-state index in [9.17, 15) is 9.59 Å². The van der Waals surface area contributed by atoms with Gasteiger partial charge in [0.2, 0.25) is 0 Å². The maximum atomic E-state index is 13.2. The number of rotatable bonds is 8. The topological polar surface area (TPSA) is 70.7 Å².